The summed E-state index contributed by atoms with van der Waals surface area (Å²) in [6.45, 7) is 2.64. The molecule has 8 nitrogen and oxygen atoms in total. The van der Waals surface area contributed by atoms with Gasteiger partial charge < -0.3 is 25.6 Å². The van der Waals surface area contributed by atoms with Gasteiger partial charge in [0.15, 0.2) is 0 Å². The van der Waals surface area contributed by atoms with Crippen molar-refractivity contribution in [3.63, 3.8) is 0 Å². The average molecular weight is 260 g/mol. The molecule has 0 bridgehead atoms. The number of hydrogen-bond donors (Lipinski definition) is 4. The molecule has 1 fully saturated rings. The Bertz CT molecular complexity index is 350. The van der Waals surface area contributed by atoms with Gasteiger partial charge in [0.25, 0.3) is 0 Å². The number of urea groups is 1. The molecule has 102 valence electrons. The topological polar surface area (TPSA) is 125 Å². The van der Waals surface area contributed by atoms with Gasteiger partial charge in [0.1, 0.15) is 6.04 Å². The normalized spacial score (nSPS) is 24.3. The van der Waals surface area contributed by atoms with E-state index in [2.05, 4.69) is 10.6 Å². The van der Waals surface area contributed by atoms with Crippen LogP contribution in [-0.2, 0) is 14.3 Å². The zero-order valence-electron chi connectivity index (χ0n) is 9.93. The van der Waals surface area contributed by atoms with Gasteiger partial charge in [-0.1, -0.05) is 0 Å². The predicted octanol–water partition coefficient (Wildman–Crippen LogP) is -0.607. The van der Waals surface area contributed by atoms with Gasteiger partial charge in [-0.3, -0.25) is 4.79 Å². The molecule has 1 rings (SSSR count). The number of carbonyl (C=O) groups excluding carboxylic acids is 1. The monoisotopic (exact) mass is 260 g/mol. The van der Waals surface area contributed by atoms with Crippen molar-refractivity contribution in [1.82, 2.24) is 10.6 Å². The summed E-state index contributed by atoms with van der Waals surface area (Å²) < 4.78 is 5.13. The van der Waals surface area contributed by atoms with Crippen LogP contribution in [0.3, 0.4) is 0 Å². The Balaban J connectivity index is 2.50. The molecule has 0 aromatic heterocycles. The van der Waals surface area contributed by atoms with E-state index in [1.807, 2.05) is 0 Å². The van der Waals surface area contributed by atoms with Gasteiger partial charge in [0, 0.05) is 6.61 Å². The molecule has 0 aromatic carbocycles. The fourth-order valence-corrected chi connectivity index (χ4v) is 1.61. The molecule has 1 unspecified atom stereocenters. The van der Waals surface area contributed by atoms with Gasteiger partial charge in [0.05, 0.1) is 18.6 Å². The number of carboxylic acid groups (broad SMARTS) is 2. The Kier molecular flexibility index (Phi) is 4.49. The SMILES string of the molecule is CC1(NC(=O)N[C@@H](CC(=O)O)C(=O)O)CCOC1. The molecule has 0 radical (unpaired) electrons. The molecule has 0 aromatic rings. The Hall–Kier alpha value is -1.83. The summed E-state index contributed by atoms with van der Waals surface area (Å²) >= 11 is 0. The van der Waals surface area contributed by atoms with Crippen LogP contribution in [0.2, 0.25) is 0 Å². The number of aliphatic carboxylic acids is 2. The number of amides is 2. The van der Waals surface area contributed by atoms with Crippen molar-refractivity contribution in [3.05, 3.63) is 0 Å². The molecule has 1 saturated heterocycles. The van der Waals surface area contributed by atoms with Crippen LogP contribution in [0, 0.1) is 0 Å². The van der Waals surface area contributed by atoms with E-state index in [1.165, 1.54) is 0 Å². The molecule has 18 heavy (non-hydrogen) atoms. The van der Waals surface area contributed by atoms with Crippen molar-refractivity contribution < 1.29 is 29.3 Å². The lowest BCUT2D eigenvalue weighted by Gasteiger charge is -2.24. The first-order valence-electron chi connectivity index (χ1n) is 5.43. The molecule has 2 atom stereocenters. The maximum absolute atomic E-state index is 11.6. The van der Waals surface area contributed by atoms with E-state index < -0.39 is 36.0 Å². The maximum atomic E-state index is 11.6. The van der Waals surface area contributed by atoms with Crippen molar-refractivity contribution in [2.24, 2.45) is 0 Å². The molecular weight excluding hydrogens is 244 g/mol. The van der Waals surface area contributed by atoms with Crippen LogP contribution in [0.5, 0.6) is 0 Å². The first-order valence-corrected chi connectivity index (χ1v) is 5.43. The van der Waals surface area contributed by atoms with E-state index in [0.717, 1.165) is 0 Å². The summed E-state index contributed by atoms with van der Waals surface area (Å²) in [6.07, 6.45) is -0.0486. The summed E-state index contributed by atoms with van der Waals surface area (Å²) in [7, 11) is 0. The van der Waals surface area contributed by atoms with Crippen molar-refractivity contribution in [3.8, 4) is 0 Å². The van der Waals surface area contributed by atoms with Gasteiger partial charge in [-0.2, -0.15) is 0 Å². The first kappa shape index (κ1) is 14.2. The zero-order chi connectivity index (χ0) is 13.8. The van der Waals surface area contributed by atoms with E-state index in [1.54, 1.807) is 6.92 Å². The van der Waals surface area contributed by atoms with Gasteiger partial charge in [0.2, 0.25) is 0 Å². The molecular formula is C10H16N2O6. The standard InChI is InChI=1S/C10H16N2O6/c1-10(2-3-18-5-10)12-9(17)11-6(8(15)16)4-7(13)14/h6H,2-5H2,1H3,(H,13,14)(H,15,16)(H2,11,12,17)/t6-,10?/m0/s1. The minimum atomic E-state index is -1.45. The molecule has 8 heteroatoms. The lowest BCUT2D eigenvalue weighted by Crippen LogP contribution is -2.54. The van der Waals surface area contributed by atoms with E-state index in [9.17, 15) is 14.4 Å². The van der Waals surface area contributed by atoms with Gasteiger partial charge in [-0.15, -0.1) is 0 Å². The Morgan fingerprint density at radius 3 is 2.50 bits per heavy atom. The summed E-state index contributed by atoms with van der Waals surface area (Å²) in [5.74, 6) is -2.68. The quantitative estimate of drug-likeness (QED) is 0.522. The summed E-state index contributed by atoms with van der Waals surface area (Å²) in [6, 6.07) is -2.16. The Labute approximate surface area is 103 Å². The van der Waals surface area contributed by atoms with E-state index in [-0.39, 0.29) is 0 Å². The number of rotatable bonds is 5. The molecule has 0 saturated carbocycles. The van der Waals surface area contributed by atoms with Crippen LogP contribution in [-0.4, -0.2) is 53.0 Å². The van der Waals surface area contributed by atoms with Crippen molar-refractivity contribution in [1.29, 1.82) is 0 Å². The molecule has 2 amide bonds. The Morgan fingerprint density at radius 1 is 1.39 bits per heavy atom. The Morgan fingerprint density at radius 2 is 2.06 bits per heavy atom. The third kappa shape index (κ3) is 4.21. The average Bonchev–Trinajstić information content (AvgIpc) is 2.62. The third-order valence-electron chi connectivity index (χ3n) is 2.62. The van der Waals surface area contributed by atoms with Crippen LogP contribution in [0.1, 0.15) is 19.8 Å². The van der Waals surface area contributed by atoms with Crippen molar-refractivity contribution in [2.75, 3.05) is 13.2 Å². The molecule has 4 N–H and O–H groups in total. The van der Waals surface area contributed by atoms with Crippen molar-refractivity contribution >= 4 is 18.0 Å². The van der Waals surface area contributed by atoms with Crippen LogP contribution < -0.4 is 10.6 Å². The van der Waals surface area contributed by atoms with Crippen LogP contribution in [0.25, 0.3) is 0 Å². The highest BCUT2D eigenvalue weighted by Gasteiger charge is 2.32. The molecule has 1 aliphatic heterocycles. The number of ether oxygens (including phenoxy) is 1. The second-order valence-corrected chi connectivity index (χ2v) is 4.45. The highest BCUT2D eigenvalue weighted by atomic mass is 16.5. The number of hydrogen-bond acceptors (Lipinski definition) is 4. The molecule has 1 aliphatic rings. The molecule has 0 spiro atoms. The molecule has 1 heterocycles. The second-order valence-electron chi connectivity index (χ2n) is 4.45. The summed E-state index contributed by atoms with van der Waals surface area (Å²) in [5, 5.41) is 22.0. The zero-order valence-corrected chi connectivity index (χ0v) is 9.93. The summed E-state index contributed by atoms with van der Waals surface area (Å²) in [5.41, 5.74) is -0.545. The van der Waals surface area contributed by atoms with E-state index >= 15 is 0 Å². The second kappa shape index (κ2) is 5.67. The van der Waals surface area contributed by atoms with Crippen LogP contribution in [0.15, 0.2) is 0 Å². The van der Waals surface area contributed by atoms with Gasteiger partial charge >= 0.3 is 18.0 Å². The largest absolute Gasteiger partial charge is 0.481 e. The van der Waals surface area contributed by atoms with Crippen LogP contribution >= 0.6 is 0 Å². The van der Waals surface area contributed by atoms with Gasteiger partial charge in [-0.25, -0.2) is 9.59 Å². The lowest BCUT2D eigenvalue weighted by atomic mass is 10.0. The molecule has 0 aliphatic carbocycles. The number of nitrogens with one attached hydrogen (secondary N) is 2. The maximum Gasteiger partial charge on any atom is 0.326 e. The minimum Gasteiger partial charge on any atom is -0.481 e. The van der Waals surface area contributed by atoms with Gasteiger partial charge in [-0.05, 0) is 13.3 Å². The van der Waals surface area contributed by atoms with Crippen LogP contribution in [0.4, 0.5) is 4.79 Å². The predicted molar refractivity (Wildman–Crippen MR) is 59.2 cm³/mol. The number of carbonyl (C=O) groups is 3. The van der Waals surface area contributed by atoms with E-state index in [4.69, 9.17) is 14.9 Å². The highest BCUT2D eigenvalue weighted by molar-refractivity contribution is 5.86. The van der Waals surface area contributed by atoms with E-state index in [0.29, 0.717) is 19.6 Å². The minimum absolute atomic E-state index is 0.344. The lowest BCUT2D eigenvalue weighted by molar-refractivity contribution is -0.145. The highest BCUT2D eigenvalue weighted by Crippen LogP contribution is 2.17. The fraction of sp³-hybridized carbons (Fsp3) is 0.700. The van der Waals surface area contributed by atoms with Crippen molar-refractivity contribution in [2.45, 2.75) is 31.3 Å². The first-order chi connectivity index (χ1) is 8.32. The number of carboxylic acids is 2. The summed E-state index contributed by atoms with van der Waals surface area (Å²) in [4.78, 5) is 32.8. The smallest absolute Gasteiger partial charge is 0.326 e. The fourth-order valence-electron chi connectivity index (χ4n) is 1.61. The third-order valence-corrected chi connectivity index (χ3v) is 2.62.